The minimum Gasteiger partial charge on any atom is -0.349 e. The Morgan fingerprint density at radius 2 is 2.04 bits per heavy atom. The molecule has 0 saturated carbocycles. The summed E-state index contributed by atoms with van der Waals surface area (Å²) < 4.78 is 14.5. The van der Waals surface area contributed by atoms with Gasteiger partial charge in [0.15, 0.2) is 5.16 Å². The molecule has 2 N–H and O–H groups in total. The number of aromatic nitrogens is 3. The molecule has 0 spiro atoms. The topological polar surface area (TPSA) is 79.8 Å². The van der Waals surface area contributed by atoms with Crippen LogP contribution in [0.25, 0.3) is 0 Å². The van der Waals surface area contributed by atoms with Crippen molar-refractivity contribution in [2.45, 2.75) is 50.2 Å². The summed E-state index contributed by atoms with van der Waals surface area (Å²) in [7, 11) is 0. The van der Waals surface area contributed by atoms with Gasteiger partial charge in [0, 0.05) is 6.54 Å². The lowest BCUT2D eigenvalue weighted by molar-refractivity contribution is -0.120. The predicted octanol–water partition coefficient (Wildman–Crippen LogP) is 2.48. The first-order valence-electron chi connectivity index (χ1n) is 7.80. The lowest BCUT2D eigenvalue weighted by Gasteiger charge is -2.17. The zero-order valence-electron chi connectivity index (χ0n) is 13.9. The molecule has 1 aromatic carbocycles. The number of hydrogen-bond acceptors (Lipinski definition) is 4. The third-order valence-corrected chi connectivity index (χ3v) is 4.64. The van der Waals surface area contributed by atoms with Crippen molar-refractivity contribution < 1.29 is 9.18 Å². The molecule has 1 amide bonds. The predicted molar refractivity (Wildman–Crippen MR) is 91.4 cm³/mol. The van der Waals surface area contributed by atoms with Crippen LogP contribution in [0.5, 0.6) is 0 Å². The van der Waals surface area contributed by atoms with Crippen LogP contribution in [0.1, 0.15) is 38.8 Å². The second-order valence-corrected chi connectivity index (χ2v) is 6.81. The summed E-state index contributed by atoms with van der Waals surface area (Å²) in [5.74, 6) is -0.482. The van der Waals surface area contributed by atoms with Crippen LogP contribution in [-0.2, 0) is 11.3 Å². The lowest BCUT2D eigenvalue weighted by Crippen LogP contribution is -2.33. The Morgan fingerprint density at radius 1 is 1.38 bits per heavy atom. The van der Waals surface area contributed by atoms with Gasteiger partial charge in [0.25, 0.3) is 0 Å². The largest absolute Gasteiger partial charge is 0.349 e. The molecule has 0 aliphatic rings. The van der Waals surface area contributed by atoms with E-state index in [0.29, 0.717) is 11.7 Å². The second kappa shape index (κ2) is 8.14. The maximum absolute atomic E-state index is 13.0. The van der Waals surface area contributed by atoms with E-state index in [2.05, 4.69) is 15.5 Å². The number of carbonyl (C=O) groups excluding carboxylic acids is 1. The number of nitrogens with zero attached hydrogens (tertiary/aromatic N) is 2. The molecule has 130 valence electrons. The monoisotopic (exact) mass is 352 g/mol. The van der Waals surface area contributed by atoms with Crippen molar-refractivity contribution in [3.63, 3.8) is 0 Å². The number of benzene rings is 1. The number of H-pyrrole nitrogens is 1. The van der Waals surface area contributed by atoms with Crippen LogP contribution in [0.2, 0.25) is 0 Å². The maximum atomic E-state index is 13.0. The summed E-state index contributed by atoms with van der Waals surface area (Å²) in [5, 5.41) is 9.35. The fourth-order valence-electron chi connectivity index (χ4n) is 2.19. The van der Waals surface area contributed by atoms with Gasteiger partial charge < -0.3 is 5.32 Å². The van der Waals surface area contributed by atoms with E-state index >= 15 is 0 Å². The van der Waals surface area contributed by atoms with Crippen LogP contribution >= 0.6 is 11.8 Å². The number of hydrogen-bond donors (Lipinski definition) is 2. The highest BCUT2D eigenvalue weighted by Crippen LogP contribution is 2.21. The Bertz CT molecular complexity index is 741. The Morgan fingerprint density at radius 3 is 2.67 bits per heavy atom. The molecule has 6 nitrogen and oxygen atoms in total. The van der Waals surface area contributed by atoms with Crippen molar-refractivity contribution >= 4 is 17.7 Å². The molecule has 0 fully saturated rings. The normalized spacial score (nSPS) is 13.5. The zero-order valence-corrected chi connectivity index (χ0v) is 14.7. The Balaban J connectivity index is 1.99. The minimum atomic E-state index is -0.418. The molecule has 2 rings (SSSR count). The van der Waals surface area contributed by atoms with E-state index < -0.39 is 5.25 Å². The number of carbonyl (C=O) groups is 1. The van der Waals surface area contributed by atoms with Crippen molar-refractivity contribution in [2.75, 3.05) is 0 Å². The van der Waals surface area contributed by atoms with Crippen LogP contribution in [-0.4, -0.2) is 25.9 Å². The molecular formula is C16H21FN4O2S. The van der Waals surface area contributed by atoms with Gasteiger partial charge in [-0.3, -0.25) is 9.36 Å². The third-order valence-electron chi connectivity index (χ3n) is 3.55. The summed E-state index contributed by atoms with van der Waals surface area (Å²) in [4.78, 5) is 24.0. The van der Waals surface area contributed by atoms with Crippen LogP contribution < -0.4 is 11.0 Å². The number of thioether (sulfide) groups is 1. The molecule has 1 aromatic heterocycles. The van der Waals surface area contributed by atoms with Gasteiger partial charge in [0.1, 0.15) is 5.82 Å². The molecule has 0 saturated heterocycles. The summed E-state index contributed by atoms with van der Waals surface area (Å²) in [6.45, 7) is 6.11. The standard InChI is InChI=1S/C16H21FN4O2S/c1-4-9-21-15(23)19-20-16(21)24-11(3)14(22)18-10(2)12-5-7-13(17)8-6-12/h5-8,10-11H,4,9H2,1-3H3,(H,18,22)(H,19,23)/t10-,11-/m0/s1. The lowest BCUT2D eigenvalue weighted by atomic mass is 10.1. The first kappa shape index (κ1) is 18.3. The molecule has 8 heteroatoms. The van der Waals surface area contributed by atoms with Crippen LogP contribution in [0.15, 0.2) is 34.2 Å². The second-order valence-electron chi connectivity index (χ2n) is 5.50. The van der Waals surface area contributed by atoms with Gasteiger partial charge in [-0.2, -0.15) is 0 Å². The van der Waals surface area contributed by atoms with Crippen molar-refractivity contribution in [3.8, 4) is 0 Å². The van der Waals surface area contributed by atoms with E-state index in [-0.39, 0.29) is 23.5 Å². The zero-order chi connectivity index (χ0) is 17.7. The van der Waals surface area contributed by atoms with Gasteiger partial charge in [-0.15, -0.1) is 5.10 Å². The number of rotatable bonds is 7. The first-order chi connectivity index (χ1) is 11.4. The number of aromatic amines is 1. The number of halogens is 1. The fraction of sp³-hybridized carbons (Fsp3) is 0.438. The van der Waals surface area contributed by atoms with Crippen molar-refractivity contribution in [1.29, 1.82) is 0 Å². The minimum absolute atomic E-state index is 0.171. The van der Waals surface area contributed by atoms with Crippen LogP contribution in [0.3, 0.4) is 0 Å². The Labute approximate surface area is 143 Å². The highest BCUT2D eigenvalue weighted by molar-refractivity contribution is 8.00. The Kier molecular flexibility index (Phi) is 6.19. The van der Waals surface area contributed by atoms with Gasteiger partial charge >= 0.3 is 5.69 Å². The maximum Gasteiger partial charge on any atom is 0.343 e. The van der Waals surface area contributed by atoms with Crippen LogP contribution in [0.4, 0.5) is 4.39 Å². The quantitative estimate of drug-likeness (QED) is 0.750. The molecule has 0 unspecified atom stereocenters. The SMILES string of the molecule is CCCn1c(S[C@@H](C)C(=O)N[C@@H](C)c2ccc(F)cc2)n[nH]c1=O. The highest BCUT2D eigenvalue weighted by Gasteiger charge is 2.20. The van der Waals surface area contributed by atoms with Gasteiger partial charge in [0.05, 0.1) is 11.3 Å². The van der Waals surface area contributed by atoms with E-state index in [1.54, 1.807) is 19.1 Å². The molecule has 2 aromatic rings. The Hall–Kier alpha value is -2.09. The van der Waals surface area contributed by atoms with E-state index in [9.17, 15) is 14.0 Å². The average molecular weight is 352 g/mol. The average Bonchev–Trinajstić information content (AvgIpc) is 2.89. The van der Waals surface area contributed by atoms with E-state index in [1.165, 1.54) is 28.5 Å². The molecule has 24 heavy (non-hydrogen) atoms. The molecule has 2 atom stereocenters. The third kappa shape index (κ3) is 4.47. The summed E-state index contributed by atoms with van der Waals surface area (Å²) in [6, 6.07) is 5.78. The number of amides is 1. The fourth-order valence-corrected chi connectivity index (χ4v) is 3.08. The van der Waals surface area contributed by atoms with Crippen molar-refractivity contribution in [1.82, 2.24) is 20.1 Å². The summed E-state index contributed by atoms with van der Waals surface area (Å²) >= 11 is 1.23. The van der Waals surface area contributed by atoms with Crippen molar-refractivity contribution in [2.24, 2.45) is 0 Å². The van der Waals surface area contributed by atoms with Crippen LogP contribution in [0, 0.1) is 5.82 Å². The van der Waals surface area contributed by atoms with Gasteiger partial charge in [0.2, 0.25) is 5.91 Å². The highest BCUT2D eigenvalue weighted by atomic mass is 32.2. The van der Waals surface area contributed by atoms with Gasteiger partial charge in [-0.1, -0.05) is 30.8 Å². The number of nitrogens with one attached hydrogen (secondary N) is 2. The summed E-state index contributed by atoms with van der Waals surface area (Å²) in [5.41, 5.74) is 0.552. The molecule has 0 radical (unpaired) electrons. The first-order valence-corrected chi connectivity index (χ1v) is 8.68. The van der Waals surface area contributed by atoms with Crippen molar-refractivity contribution in [3.05, 3.63) is 46.1 Å². The molecule has 0 aliphatic heterocycles. The van der Waals surface area contributed by atoms with E-state index in [4.69, 9.17) is 0 Å². The molecular weight excluding hydrogens is 331 g/mol. The molecule has 1 heterocycles. The van der Waals surface area contributed by atoms with E-state index in [0.717, 1.165) is 12.0 Å². The molecule has 0 aliphatic carbocycles. The van der Waals surface area contributed by atoms with Gasteiger partial charge in [-0.25, -0.2) is 14.3 Å². The summed E-state index contributed by atoms with van der Waals surface area (Å²) in [6.07, 6.45) is 0.801. The molecule has 0 bridgehead atoms. The van der Waals surface area contributed by atoms with Gasteiger partial charge in [-0.05, 0) is 38.0 Å². The smallest absolute Gasteiger partial charge is 0.343 e. The van der Waals surface area contributed by atoms with E-state index in [1.807, 2.05) is 13.8 Å².